The van der Waals surface area contributed by atoms with E-state index in [0.29, 0.717) is 13.2 Å². The van der Waals surface area contributed by atoms with Crippen LogP contribution in [0.3, 0.4) is 0 Å². The Hall–Kier alpha value is -2.56. The van der Waals surface area contributed by atoms with Gasteiger partial charge < -0.3 is 14.8 Å². The van der Waals surface area contributed by atoms with Crippen molar-refractivity contribution < 1.29 is 18.7 Å². The van der Waals surface area contributed by atoms with Gasteiger partial charge in [-0.15, -0.1) is 0 Å². The molecule has 0 spiro atoms. The molecule has 0 saturated heterocycles. The molecule has 1 atom stereocenters. The first kappa shape index (κ1) is 14.4. The fraction of sp³-hybridized carbons (Fsp3) is 0.235. The Morgan fingerprint density at radius 3 is 2.86 bits per heavy atom. The van der Waals surface area contributed by atoms with Gasteiger partial charge in [-0.1, -0.05) is 30.3 Å². The van der Waals surface area contributed by atoms with Gasteiger partial charge in [0, 0.05) is 18.0 Å². The van der Waals surface area contributed by atoms with Crippen LogP contribution in [-0.2, 0) is 4.79 Å². The van der Waals surface area contributed by atoms with Gasteiger partial charge in [0.2, 0.25) is 0 Å². The Balaban J connectivity index is 1.48. The molecule has 22 heavy (non-hydrogen) atoms. The predicted molar refractivity (Wildman–Crippen MR) is 79.6 cm³/mol. The molecule has 1 N–H and O–H groups in total. The van der Waals surface area contributed by atoms with Crippen molar-refractivity contribution >= 4 is 5.91 Å². The third-order valence-corrected chi connectivity index (χ3v) is 3.54. The fourth-order valence-corrected chi connectivity index (χ4v) is 2.39. The first-order chi connectivity index (χ1) is 10.7. The minimum Gasteiger partial charge on any atom is -0.493 e. The van der Waals surface area contributed by atoms with Crippen LogP contribution in [0.2, 0.25) is 0 Å². The molecule has 0 bridgehead atoms. The molecule has 0 aliphatic carbocycles. The number of halogens is 1. The fourth-order valence-electron chi connectivity index (χ4n) is 2.39. The maximum atomic E-state index is 13.4. The minimum atomic E-state index is -0.478. The lowest BCUT2D eigenvalue weighted by Crippen LogP contribution is -2.33. The van der Waals surface area contributed by atoms with Crippen LogP contribution in [0, 0.1) is 5.82 Å². The molecule has 3 rings (SSSR count). The summed E-state index contributed by atoms with van der Waals surface area (Å²) >= 11 is 0. The van der Waals surface area contributed by atoms with Gasteiger partial charge in [-0.2, -0.15) is 0 Å². The topological polar surface area (TPSA) is 47.6 Å². The number of fused-ring (bicyclic) bond motifs is 1. The largest absolute Gasteiger partial charge is 0.493 e. The number of rotatable bonds is 5. The number of hydrogen-bond donors (Lipinski definition) is 1. The normalized spacial score (nSPS) is 15.8. The summed E-state index contributed by atoms with van der Waals surface area (Å²) < 4.78 is 24.1. The quantitative estimate of drug-likeness (QED) is 0.923. The van der Waals surface area contributed by atoms with Crippen molar-refractivity contribution in [3.05, 3.63) is 59.9 Å². The lowest BCUT2D eigenvalue weighted by molar-refractivity contribution is -0.123. The van der Waals surface area contributed by atoms with Crippen molar-refractivity contribution in [3.63, 3.8) is 0 Å². The van der Waals surface area contributed by atoms with E-state index in [1.807, 2.05) is 24.3 Å². The zero-order valence-corrected chi connectivity index (χ0v) is 11.9. The number of ether oxygens (including phenoxy) is 2. The highest BCUT2D eigenvalue weighted by Gasteiger charge is 2.23. The van der Waals surface area contributed by atoms with Gasteiger partial charge >= 0.3 is 0 Å². The zero-order valence-electron chi connectivity index (χ0n) is 11.9. The number of benzene rings is 2. The Morgan fingerprint density at radius 2 is 2.00 bits per heavy atom. The molecule has 1 aliphatic rings. The molecule has 0 saturated carbocycles. The Kier molecular flexibility index (Phi) is 4.23. The number of carbonyl (C=O) groups excluding carboxylic acids is 1. The van der Waals surface area contributed by atoms with E-state index < -0.39 is 5.82 Å². The maximum absolute atomic E-state index is 13.4. The van der Waals surface area contributed by atoms with Crippen LogP contribution in [-0.4, -0.2) is 25.7 Å². The Labute approximate surface area is 127 Å². The van der Waals surface area contributed by atoms with E-state index in [2.05, 4.69) is 5.32 Å². The van der Waals surface area contributed by atoms with Crippen LogP contribution < -0.4 is 14.8 Å². The van der Waals surface area contributed by atoms with Gasteiger partial charge in [-0.3, -0.25) is 4.79 Å². The van der Waals surface area contributed by atoms with E-state index in [1.54, 1.807) is 12.1 Å². The van der Waals surface area contributed by atoms with Gasteiger partial charge in [-0.25, -0.2) is 4.39 Å². The van der Waals surface area contributed by atoms with Crippen molar-refractivity contribution in [1.29, 1.82) is 0 Å². The highest BCUT2D eigenvalue weighted by atomic mass is 19.1. The monoisotopic (exact) mass is 301 g/mol. The second-order valence-electron chi connectivity index (χ2n) is 5.07. The summed E-state index contributed by atoms with van der Waals surface area (Å²) in [6.07, 6.45) is 0. The molecular weight excluding hydrogens is 285 g/mol. The van der Waals surface area contributed by atoms with Gasteiger partial charge in [-0.05, 0) is 18.2 Å². The SMILES string of the molecule is O=C(COc1ccccc1F)NC[C@H]1COc2ccccc21. The van der Waals surface area contributed by atoms with Crippen molar-refractivity contribution in [2.45, 2.75) is 5.92 Å². The standard InChI is InChI=1S/C17H16FNO3/c18-14-6-2-4-8-16(14)22-11-17(20)19-9-12-10-21-15-7-3-1-5-13(12)15/h1-8,12H,9-11H2,(H,19,20)/t12-/m0/s1. The van der Waals surface area contributed by atoms with Gasteiger partial charge in [0.25, 0.3) is 5.91 Å². The van der Waals surface area contributed by atoms with Crippen LogP contribution in [0.25, 0.3) is 0 Å². The number of amides is 1. The molecule has 1 amide bonds. The van der Waals surface area contributed by atoms with E-state index >= 15 is 0 Å². The van der Waals surface area contributed by atoms with E-state index in [0.717, 1.165) is 11.3 Å². The molecule has 1 heterocycles. The highest BCUT2D eigenvalue weighted by molar-refractivity contribution is 5.77. The molecule has 2 aromatic rings. The summed E-state index contributed by atoms with van der Waals surface area (Å²) in [7, 11) is 0. The van der Waals surface area contributed by atoms with E-state index in [4.69, 9.17) is 9.47 Å². The first-order valence-electron chi connectivity index (χ1n) is 7.10. The summed E-state index contributed by atoms with van der Waals surface area (Å²) in [5.41, 5.74) is 1.10. The molecule has 1 aliphatic heterocycles. The molecule has 0 radical (unpaired) electrons. The van der Waals surface area contributed by atoms with Crippen LogP contribution in [0.15, 0.2) is 48.5 Å². The van der Waals surface area contributed by atoms with Crippen molar-refractivity contribution in [1.82, 2.24) is 5.32 Å². The summed E-state index contributed by atoms with van der Waals surface area (Å²) in [5, 5.41) is 2.79. The molecule has 5 heteroatoms. The molecule has 0 aromatic heterocycles. The predicted octanol–water partition coefficient (Wildman–Crippen LogP) is 2.50. The van der Waals surface area contributed by atoms with Gasteiger partial charge in [0.1, 0.15) is 5.75 Å². The minimum absolute atomic E-state index is 0.0761. The van der Waals surface area contributed by atoms with Crippen LogP contribution in [0.4, 0.5) is 4.39 Å². The number of para-hydroxylation sites is 2. The van der Waals surface area contributed by atoms with Crippen LogP contribution in [0.1, 0.15) is 11.5 Å². The summed E-state index contributed by atoms with van der Waals surface area (Å²) in [6, 6.07) is 13.8. The Bertz CT molecular complexity index is 674. The summed E-state index contributed by atoms with van der Waals surface area (Å²) in [6.45, 7) is 0.806. The smallest absolute Gasteiger partial charge is 0.257 e. The summed E-state index contributed by atoms with van der Waals surface area (Å²) in [4.78, 5) is 11.8. The molecule has 114 valence electrons. The lowest BCUT2D eigenvalue weighted by atomic mass is 10.0. The molecule has 2 aromatic carbocycles. The van der Waals surface area contributed by atoms with E-state index in [9.17, 15) is 9.18 Å². The zero-order chi connectivity index (χ0) is 15.4. The molecule has 0 fully saturated rings. The third kappa shape index (κ3) is 3.19. The molecule has 4 nitrogen and oxygen atoms in total. The molecule has 0 unspecified atom stereocenters. The first-order valence-corrected chi connectivity index (χ1v) is 7.10. The number of carbonyl (C=O) groups is 1. The Morgan fingerprint density at radius 1 is 1.23 bits per heavy atom. The third-order valence-electron chi connectivity index (χ3n) is 3.54. The lowest BCUT2D eigenvalue weighted by Gasteiger charge is -2.11. The van der Waals surface area contributed by atoms with Crippen molar-refractivity contribution in [3.8, 4) is 11.5 Å². The van der Waals surface area contributed by atoms with E-state index in [-0.39, 0.29) is 24.2 Å². The highest BCUT2D eigenvalue weighted by Crippen LogP contribution is 2.32. The second kappa shape index (κ2) is 6.47. The second-order valence-corrected chi connectivity index (χ2v) is 5.07. The van der Waals surface area contributed by atoms with Crippen LogP contribution in [0.5, 0.6) is 11.5 Å². The van der Waals surface area contributed by atoms with Gasteiger partial charge in [0.05, 0.1) is 6.61 Å². The van der Waals surface area contributed by atoms with E-state index in [1.165, 1.54) is 12.1 Å². The summed E-state index contributed by atoms with van der Waals surface area (Å²) in [5.74, 6) is 0.311. The maximum Gasteiger partial charge on any atom is 0.257 e. The van der Waals surface area contributed by atoms with Crippen molar-refractivity contribution in [2.75, 3.05) is 19.8 Å². The molecular formula is C17H16FNO3. The van der Waals surface area contributed by atoms with Crippen molar-refractivity contribution in [2.24, 2.45) is 0 Å². The average molecular weight is 301 g/mol. The number of hydrogen-bond acceptors (Lipinski definition) is 3. The van der Waals surface area contributed by atoms with Crippen LogP contribution >= 0.6 is 0 Å². The average Bonchev–Trinajstić information content (AvgIpc) is 2.95. The van der Waals surface area contributed by atoms with Gasteiger partial charge in [0.15, 0.2) is 18.2 Å². The number of nitrogens with one attached hydrogen (secondary N) is 1.